The van der Waals surface area contributed by atoms with E-state index in [1.807, 2.05) is 0 Å². The van der Waals surface area contributed by atoms with E-state index in [0.29, 0.717) is 12.5 Å². The maximum atomic E-state index is 12.2. The molecule has 1 atom stereocenters. The summed E-state index contributed by atoms with van der Waals surface area (Å²) in [5, 5.41) is 2.64. The first-order chi connectivity index (χ1) is 10.8. The van der Waals surface area contributed by atoms with Crippen LogP contribution >= 0.6 is 0 Å². The Bertz CT molecular complexity index is 533. The minimum absolute atomic E-state index is 0.0627. The van der Waals surface area contributed by atoms with Crippen molar-refractivity contribution in [2.24, 2.45) is 11.7 Å². The maximum absolute atomic E-state index is 12.2. The average molecular weight is 332 g/mol. The van der Waals surface area contributed by atoms with Crippen molar-refractivity contribution in [2.75, 3.05) is 19.8 Å². The lowest BCUT2D eigenvalue weighted by Crippen LogP contribution is -2.40. The molecule has 0 aliphatic heterocycles. The van der Waals surface area contributed by atoms with Gasteiger partial charge < -0.3 is 20.5 Å². The predicted molar refractivity (Wildman–Crippen MR) is 77.2 cm³/mol. The van der Waals surface area contributed by atoms with Crippen LogP contribution in [0.25, 0.3) is 0 Å². The average Bonchev–Trinajstić information content (AvgIpc) is 3.33. The van der Waals surface area contributed by atoms with Gasteiger partial charge in [0.2, 0.25) is 0 Å². The van der Waals surface area contributed by atoms with Crippen molar-refractivity contribution in [3.8, 4) is 11.5 Å². The van der Waals surface area contributed by atoms with Gasteiger partial charge in [0.1, 0.15) is 0 Å². The standard InChI is InChI=1S/C15H19F3N2O3/c16-15(17,18)9-23-13-4-2-1-3-12(13)22-8-14(21)20-7-11(19)10-5-6-10/h1-4,10-11H,5-9,19H2,(H,20,21). The second-order valence-corrected chi connectivity index (χ2v) is 5.44. The van der Waals surface area contributed by atoms with Gasteiger partial charge in [0.15, 0.2) is 24.7 Å². The summed E-state index contributed by atoms with van der Waals surface area (Å²) >= 11 is 0. The quantitative estimate of drug-likeness (QED) is 0.762. The van der Waals surface area contributed by atoms with E-state index in [2.05, 4.69) is 10.1 Å². The number of carbonyl (C=O) groups excluding carboxylic acids is 1. The van der Waals surface area contributed by atoms with Crippen LogP contribution in [0.1, 0.15) is 12.8 Å². The smallest absolute Gasteiger partial charge is 0.422 e. The Morgan fingerprint density at radius 2 is 1.87 bits per heavy atom. The second-order valence-electron chi connectivity index (χ2n) is 5.44. The van der Waals surface area contributed by atoms with E-state index < -0.39 is 12.8 Å². The molecule has 0 spiro atoms. The number of nitrogens with two attached hydrogens (primary N) is 1. The van der Waals surface area contributed by atoms with Crippen LogP contribution in [0.3, 0.4) is 0 Å². The molecule has 1 aromatic rings. The van der Waals surface area contributed by atoms with Crippen LogP contribution < -0.4 is 20.5 Å². The van der Waals surface area contributed by atoms with Gasteiger partial charge in [-0.25, -0.2) is 0 Å². The Labute approximate surface area is 131 Å². The predicted octanol–water partition coefficient (Wildman–Crippen LogP) is 1.86. The maximum Gasteiger partial charge on any atom is 0.422 e. The summed E-state index contributed by atoms with van der Waals surface area (Å²) in [6.45, 7) is -1.38. The first kappa shape index (κ1) is 17.4. The Kier molecular flexibility index (Phi) is 5.70. The molecule has 1 saturated carbocycles. The molecule has 0 radical (unpaired) electrons. The minimum Gasteiger partial charge on any atom is -0.480 e. The minimum atomic E-state index is -4.44. The number of ether oxygens (including phenoxy) is 2. The molecule has 1 aromatic carbocycles. The monoisotopic (exact) mass is 332 g/mol. The number of benzene rings is 1. The summed E-state index contributed by atoms with van der Waals surface area (Å²) in [5.41, 5.74) is 5.86. The number of nitrogens with one attached hydrogen (secondary N) is 1. The molecule has 23 heavy (non-hydrogen) atoms. The Balaban J connectivity index is 1.78. The van der Waals surface area contributed by atoms with E-state index in [1.165, 1.54) is 18.2 Å². The van der Waals surface area contributed by atoms with Gasteiger partial charge in [-0.05, 0) is 30.9 Å². The van der Waals surface area contributed by atoms with Gasteiger partial charge >= 0.3 is 6.18 Å². The molecule has 1 aliphatic rings. The highest BCUT2D eigenvalue weighted by molar-refractivity contribution is 5.77. The van der Waals surface area contributed by atoms with Crippen molar-refractivity contribution in [2.45, 2.75) is 25.1 Å². The van der Waals surface area contributed by atoms with Crippen molar-refractivity contribution in [1.82, 2.24) is 5.32 Å². The third-order valence-electron chi connectivity index (χ3n) is 3.36. The summed E-state index contributed by atoms with van der Waals surface area (Å²) in [7, 11) is 0. The van der Waals surface area contributed by atoms with E-state index in [-0.39, 0.29) is 30.1 Å². The Hall–Kier alpha value is -1.96. The number of hydrogen-bond donors (Lipinski definition) is 2. The van der Waals surface area contributed by atoms with E-state index in [1.54, 1.807) is 6.07 Å². The van der Waals surface area contributed by atoms with E-state index in [9.17, 15) is 18.0 Å². The van der Waals surface area contributed by atoms with Crippen LogP contribution in [0, 0.1) is 5.92 Å². The first-order valence-corrected chi connectivity index (χ1v) is 7.29. The zero-order chi connectivity index (χ0) is 16.9. The molecule has 1 aliphatic carbocycles. The highest BCUT2D eigenvalue weighted by Gasteiger charge is 2.29. The zero-order valence-electron chi connectivity index (χ0n) is 12.4. The van der Waals surface area contributed by atoms with Crippen molar-refractivity contribution < 1.29 is 27.4 Å². The Morgan fingerprint density at radius 1 is 1.26 bits per heavy atom. The summed E-state index contributed by atoms with van der Waals surface area (Å²) in [5.74, 6) is 0.102. The highest BCUT2D eigenvalue weighted by atomic mass is 19.4. The van der Waals surface area contributed by atoms with E-state index in [4.69, 9.17) is 10.5 Å². The fraction of sp³-hybridized carbons (Fsp3) is 0.533. The van der Waals surface area contributed by atoms with Gasteiger partial charge in [-0.2, -0.15) is 13.2 Å². The third kappa shape index (κ3) is 6.35. The number of carbonyl (C=O) groups is 1. The van der Waals surface area contributed by atoms with Gasteiger partial charge in [-0.1, -0.05) is 12.1 Å². The van der Waals surface area contributed by atoms with Gasteiger partial charge in [-0.3, -0.25) is 4.79 Å². The molecule has 1 fully saturated rings. The van der Waals surface area contributed by atoms with Gasteiger partial charge in [-0.15, -0.1) is 0 Å². The van der Waals surface area contributed by atoms with Gasteiger partial charge in [0.05, 0.1) is 0 Å². The molecule has 0 heterocycles. The van der Waals surface area contributed by atoms with Crippen LogP contribution in [-0.4, -0.2) is 37.9 Å². The summed E-state index contributed by atoms with van der Waals surface area (Å²) < 4.78 is 46.5. The number of para-hydroxylation sites is 2. The van der Waals surface area contributed by atoms with Crippen LogP contribution in [0.2, 0.25) is 0 Å². The molecular formula is C15H19F3N2O3. The first-order valence-electron chi connectivity index (χ1n) is 7.29. The van der Waals surface area contributed by atoms with Gasteiger partial charge in [0.25, 0.3) is 5.91 Å². The van der Waals surface area contributed by atoms with Crippen LogP contribution in [0.5, 0.6) is 11.5 Å². The second kappa shape index (κ2) is 7.54. The summed E-state index contributed by atoms with van der Waals surface area (Å²) in [4.78, 5) is 11.7. The largest absolute Gasteiger partial charge is 0.480 e. The molecule has 3 N–H and O–H groups in total. The lowest BCUT2D eigenvalue weighted by molar-refractivity contribution is -0.153. The highest BCUT2D eigenvalue weighted by Crippen LogP contribution is 2.31. The van der Waals surface area contributed by atoms with E-state index in [0.717, 1.165) is 12.8 Å². The molecule has 128 valence electrons. The molecule has 1 amide bonds. The number of halogens is 3. The molecule has 2 rings (SSSR count). The fourth-order valence-electron chi connectivity index (χ4n) is 1.97. The summed E-state index contributed by atoms with van der Waals surface area (Å²) in [6.07, 6.45) is -2.28. The molecule has 0 bridgehead atoms. The summed E-state index contributed by atoms with van der Waals surface area (Å²) in [6, 6.07) is 5.82. The van der Waals surface area contributed by atoms with Crippen LogP contribution in [0.15, 0.2) is 24.3 Å². The lowest BCUT2D eigenvalue weighted by Gasteiger charge is -2.14. The van der Waals surface area contributed by atoms with Crippen LogP contribution in [-0.2, 0) is 4.79 Å². The Morgan fingerprint density at radius 3 is 2.43 bits per heavy atom. The number of amides is 1. The molecule has 0 saturated heterocycles. The van der Waals surface area contributed by atoms with Crippen LogP contribution in [0.4, 0.5) is 13.2 Å². The topological polar surface area (TPSA) is 73.6 Å². The molecule has 1 unspecified atom stereocenters. The normalized spacial score (nSPS) is 15.8. The van der Waals surface area contributed by atoms with Crippen molar-refractivity contribution >= 4 is 5.91 Å². The third-order valence-corrected chi connectivity index (χ3v) is 3.36. The van der Waals surface area contributed by atoms with Crippen molar-refractivity contribution in [3.05, 3.63) is 24.3 Å². The number of alkyl halides is 3. The number of hydrogen-bond acceptors (Lipinski definition) is 4. The SMILES string of the molecule is NC(CNC(=O)COc1ccccc1OCC(F)(F)F)C1CC1. The van der Waals surface area contributed by atoms with Crippen molar-refractivity contribution in [3.63, 3.8) is 0 Å². The molecule has 8 heteroatoms. The lowest BCUT2D eigenvalue weighted by atomic mass is 10.2. The van der Waals surface area contributed by atoms with Gasteiger partial charge in [0, 0.05) is 12.6 Å². The van der Waals surface area contributed by atoms with Crippen molar-refractivity contribution in [1.29, 1.82) is 0 Å². The fourth-order valence-corrected chi connectivity index (χ4v) is 1.97. The zero-order valence-corrected chi connectivity index (χ0v) is 12.4. The molecule has 5 nitrogen and oxygen atoms in total. The van der Waals surface area contributed by atoms with E-state index >= 15 is 0 Å². The number of rotatable bonds is 8. The molecular weight excluding hydrogens is 313 g/mol. The molecule has 0 aromatic heterocycles.